The Kier molecular flexibility index (Phi) is 2.86. The van der Waals surface area contributed by atoms with E-state index in [-0.39, 0.29) is 27.7 Å². The van der Waals surface area contributed by atoms with Gasteiger partial charge in [-0.3, -0.25) is 4.79 Å². The summed E-state index contributed by atoms with van der Waals surface area (Å²) in [5.41, 5.74) is -0.0885. The third-order valence-corrected chi connectivity index (χ3v) is 3.30. The highest BCUT2D eigenvalue weighted by Crippen LogP contribution is 2.38. The maximum absolute atomic E-state index is 12.5. The Morgan fingerprint density at radius 1 is 1.05 bits per heavy atom. The molecule has 0 fully saturated rings. The first-order chi connectivity index (χ1) is 10.1. The van der Waals surface area contributed by atoms with E-state index in [1.165, 1.54) is 32.4 Å². The fourth-order valence-electron chi connectivity index (χ4n) is 2.29. The Hall–Kier alpha value is -2.89. The first-order valence-electron chi connectivity index (χ1n) is 6.11. The van der Waals surface area contributed by atoms with Crippen molar-refractivity contribution in [1.82, 2.24) is 0 Å². The van der Waals surface area contributed by atoms with Gasteiger partial charge in [0.2, 0.25) is 11.2 Å². The summed E-state index contributed by atoms with van der Waals surface area (Å²) in [5, 5.41) is 19.5. The molecule has 21 heavy (non-hydrogen) atoms. The molecule has 0 atom stereocenters. The number of methoxy groups -OCH3 is 2. The quantitative estimate of drug-likeness (QED) is 0.556. The number of phenolic OH excluding ortho intramolecular Hbond substituents is 2. The zero-order chi connectivity index (χ0) is 15.1. The smallest absolute Gasteiger partial charge is 0.204 e. The Morgan fingerprint density at radius 2 is 1.81 bits per heavy atom. The van der Waals surface area contributed by atoms with Crippen LogP contribution in [0.5, 0.6) is 23.0 Å². The molecule has 0 aliphatic carbocycles. The van der Waals surface area contributed by atoms with Crippen molar-refractivity contribution < 1.29 is 24.1 Å². The van der Waals surface area contributed by atoms with Gasteiger partial charge in [-0.05, 0) is 24.3 Å². The van der Waals surface area contributed by atoms with E-state index in [0.717, 1.165) is 0 Å². The molecule has 0 unspecified atom stereocenters. The Bertz CT molecular complexity index is 910. The second kappa shape index (κ2) is 4.59. The monoisotopic (exact) mass is 288 g/mol. The minimum atomic E-state index is -0.502. The minimum Gasteiger partial charge on any atom is -0.504 e. The molecule has 0 aliphatic heterocycles. The highest BCUT2D eigenvalue weighted by atomic mass is 16.5. The van der Waals surface area contributed by atoms with E-state index >= 15 is 0 Å². The molecule has 3 aromatic rings. The lowest BCUT2D eigenvalue weighted by Crippen LogP contribution is -2.04. The summed E-state index contributed by atoms with van der Waals surface area (Å²) in [7, 11) is 2.92. The van der Waals surface area contributed by atoms with Crippen LogP contribution in [0.1, 0.15) is 0 Å². The van der Waals surface area contributed by atoms with E-state index in [1.54, 1.807) is 6.07 Å². The van der Waals surface area contributed by atoms with Gasteiger partial charge in [-0.25, -0.2) is 0 Å². The molecule has 0 aliphatic rings. The van der Waals surface area contributed by atoms with E-state index in [1.807, 2.05) is 0 Å². The number of hydrogen-bond acceptors (Lipinski definition) is 6. The average molecular weight is 288 g/mol. The van der Waals surface area contributed by atoms with Crippen LogP contribution in [0.2, 0.25) is 0 Å². The summed E-state index contributed by atoms with van der Waals surface area (Å²) in [6, 6.07) is 5.75. The molecule has 0 saturated carbocycles. The molecule has 3 rings (SSSR count). The van der Waals surface area contributed by atoms with Crippen molar-refractivity contribution in [2.24, 2.45) is 0 Å². The fourth-order valence-corrected chi connectivity index (χ4v) is 2.29. The number of rotatable bonds is 2. The molecule has 0 spiro atoms. The Labute approximate surface area is 118 Å². The van der Waals surface area contributed by atoms with Gasteiger partial charge in [0.25, 0.3) is 0 Å². The van der Waals surface area contributed by atoms with Crippen molar-refractivity contribution in [1.29, 1.82) is 0 Å². The molecule has 108 valence electrons. The summed E-state index contributed by atoms with van der Waals surface area (Å²) in [4.78, 5) is 12.5. The molecule has 1 aromatic heterocycles. The SMILES string of the molecule is COc1ccc2c(=O)c3c(O)c(O)ccc3oc2c1OC. The van der Waals surface area contributed by atoms with Gasteiger partial charge in [-0.1, -0.05) is 0 Å². The number of benzene rings is 2. The molecule has 6 heteroatoms. The zero-order valence-corrected chi connectivity index (χ0v) is 11.3. The van der Waals surface area contributed by atoms with Gasteiger partial charge < -0.3 is 24.1 Å². The summed E-state index contributed by atoms with van der Waals surface area (Å²) < 4.78 is 16.1. The zero-order valence-electron chi connectivity index (χ0n) is 11.3. The molecule has 0 radical (unpaired) electrons. The van der Waals surface area contributed by atoms with E-state index in [9.17, 15) is 15.0 Å². The molecule has 0 saturated heterocycles. The number of hydrogen-bond donors (Lipinski definition) is 2. The summed E-state index contributed by atoms with van der Waals surface area (Å²) >= 11 is 0. The third-order valence-electron chi connectivity index (χ3n) is 3.30. The van der Waals surface area contributed by atoms with Crippen LogP contribution in [-0.2, 0) is 0 Å². The fraction of sp³-hybridized carbons (Fsp3) is 0.133. The van der Waals surface area contributed by atoms with Crippen LogP contribution in [0.4, 0.5) is 0 Å². The van der Waals surface area contributed by atoms with Crippen LogP contribution in [0, 0.1) is 0 Å². The second-order valence-electron chi connectivity index (χ2n) is 4.42. The normalized spacial score (nSPS) is 11.0. The van der Waals surface area contributed by atoms with Gasteiger partial charge in [0.15, 0.2) is 22.8 Å². The summed E-state index contributed by atoms with van der Waals surface area (Å²) in [6.07, 6.45) is 0. The van der Waals surface area contributed by atoms with Gasteiger partial charge in [-0.2, -0.15) is 0 Å². The molecule has 2 aromatic carbocycles. The molecule has 0 amide bonds. The predicted molar refractivity (Wildman–Crippen MR) is 76.4 cm³/mol. The van der Waals surface area contributed by atoms with Crippen molar-refractivity contribution in [2.75, 3.05) is 14.2 Å². The molecular formula is C15H12O6. The summed E-state index contributed by atoms with van der Waals surface area (Å²) in [6.45, 7) is 0. The van der Waals surface area contributed by atoms with Gasteiger partial charge in [0, 0.05) is 0 Å². The largest absolute Gasteiger partial charge is 0.504 e. The number of fused-ring (bicyclic) bond motifs is 2. The van der Waals surface area contributed by atoms with Crippen molar-refractivity contribution in [2.45, 2.75) is 0 Å². The molecule has 0 bridgehead atoms. The van der Waals surface area contributed by atoms with Gasteiger partial charge in [0.1, 0.15) is 11.0 Å². The highest BCUT2D eigenvalue weighted by molar-refractivity contribution is 5.97. The van der Waals surface area contributed by atoms with E-state index in [4.69, 9.17) is 13.9 Å². The number of aromatic hydroxyl groups is 2. The van der Waals surface area contributed by atoms with Crippen molar-refractivity contribution in [3.63, 3.8) is 0 Å². The van der Waals surface area contributed by atoms with Gasteiger partial charge >= 0.3 is 0 Å². The minimum absolute atomic E-state index is 0.0743. The lowest BCUT2D eigenvalue weighted by Gasteiger charge is -2.10. The van der Waals surface area contributed by atoms with Crippen molar-refractivity contribution in [3.05, 3.63) is 34.5 Å². The number of phenols is 2. The topological polar surface area (TPSA) is 89.1 Å². The first-order valence-corrected chi connectivity index (χ1v) is 6.11. The Balaban J connectivity index is 2.56. The first kappa shape index (κ1) is 13.1. The van der Waals surface area contributed by atoms with Crippen LogP contribution in [0.3, 0.4) is 0 Å². The lowest BCUT2D eigenvalue weighted by molar-refractivity contribution is 0.354. The van der Waals surface area contributed by atoms with Gasteiger partial charge in [-0.15, -0.1) is 0 Å². The lowest BCUT2D eigenvalue weighted by atomic mass is 10.1. The number of ether oxygens (including phenoxy) is 2. The van der Waals surface area contributed by atoms with Crippen molar-refractivity contribution in [3.8, 4) is 23.0 Å². The maximum atomic E-state index is 12.5. The highest BCUT2D eigenvalue weighted by Gasteiger charge is 2.18. The molecule has 2 N–H and O–H groups in total. The molecule has 6 nitrogen and oxygen atoms in total. The van der Waals surface area contributed by atoms with Crippen molar-refractivity contribution >= 4 is 21.9 Å². The van der Waals surface area contributed by atoms with Crippen LogP contribution in [-0.4, -0.2) is 24.4 Å². The van der Waals surface area contributed by atoms with Crippen LogP contribution < -0.4 is 14.9 Å². The molecular weight excluding hydrogens is 276 g/mol. The van der Waals surface area contributed by atoms with E-state index < -0.39 is 11.2 Å². The maximum Gasteiger partial charge on any atom is 0.204 e. The Morgan fingerprint density at radius 3 is 2.48 bits per heavy atom. The molecule has 1 heterocycles. The predicted octanol–water partition coefficient (Wildman–Crippen LogP) is 2.37. The third kappa shape index (κ3) is 1.76. The standard InChI is InChI=1S/C15H12O6/c1-19-10-5-3-7-12(17)11-9(6-4-8(16)13(11)18)21-14(7)15(10)20-2/h3-6,16,18H,1-2H3. The van der Waals surface area contributed by atoms with Crippen LogP contribution in [0.25, 0.3) is 21.9 Å². The van der Waals surface area contributed by atoms with E-state index in [0.29, 0.717) is 11.5 Å². The van der Waals surface area contributed by atoms with Crippen LogP contribution >= 0.6 is 0 Å². The van der Waals surface area contributed by atoms with Crippen LogP contribution in [0.15, 0.2) is 33.5 Å². The van der Waals surface area contributed by atoms with E-state index in [2.05, 4.69) is 0 Å². The van der Waals surface area contributed by atoms with Gasteiger partial charge in [0.05, 0.1) is 19.6 Å². The second-order valence-corrected chi connectivity index (χ2v) is 4.42. The average Bonchev–Trinajstić information content (AvgIpc) is 2.49. The summed E-state index contributed by atoms with van der Waals surface area (Å²) in [5.74, 6) is -0.162.